The van der Waals surface area contributed by atoms with Crippen LogP contribution in [-0.4, -0.2) is 41.9 Å². The van der Waals surface area contributed by atoms with E-state index in [-0.39, 0.29) is 13.0 Å². The van der Waals surface area contributed by atoms with Crippen molar-refractivity contribution in [2.75, 3.05) is 18.5 Å². The van der Waals surface area contributed by atoms with Gasteiger partial charge in [-0.05, 0) is 49.9 Å². The van der Waals surface area contributed by atoms with E-state index in [2.05, 4.69) is 10.6 Å². The van der Waals surface area contributed by atoms with Crippen molar-refractivity contribution in [3.8, 4) is 0 Å². The highest BCUT2D eigenvalue weighted by Crippen LogP contribution is 2.35. The van der Waals surface area contributed by atoms with E-state index < -0.39 is 35.9 Å². The lowest BCUT2D eigenvalue weighted by molar-refractivity contribution is -0.134. The van der Waals surface area contributed by atoms with Crippen LogP contribution in [0.3, 0.4) is 0 Å². The number of amides is 4. The summed E-state index contributed by atoms with van der Waals surface area (Å²) in [6.07, 6.45) is 0.880. The molecular formula is C23H26ClN3O5S. The molecular weight excluding hydrogens is 466 g/mol. The van der Waals surface area contributed by atoms with Crippen LogP contribution in [0.15, 0.2) is 24.3 Å². The molecule has 2 aromatic rings. The van der Waals surface area contributed by atoms with E-state index in [4.69, 9.17) is 16.3 Å². The minimum Gasteiger partial charge on any atom is -0.462 e. The molecule has 1 atom stereocenters. The van der Waals surface area contributed by atoms with Gasteiger partial charge in [0.15, 0.2) is 0 Å². The fourth-order valence-corrected chi connectivity index (χ4v) is 5.32. The fourth-order valence-electron chi connectivity index (χ4n) is 3.98. The summed E-state index contributed by atoms with van der Waals surface area (Å²) in [4.78, 5) is 53.1. The first-order valence-corrected chi connectivity index (χ1v) is 11.9. The SMILES string of the molecule is CCOC(=O)c1c(NC(=O)CN2C(=O)NC(CC)(c3cccc(Cl)c3)C2=O)sc(C)c1CC. The molecule has 1 aliphatic heterocycles. The summed E-state index contributed by atoms with van der Waals surface area (Å²) < 4.78 is 5.15. The van der Waals surface area contributed by atoms with E-state index in [0.29, 0.717) is 27.6 Å². The summed E-state index contributed by atoms with van der Waals surface area (Å²) >= 11 is 7.35. The van der Waals surface area contributed by atoms with E-state index in [1.165, 1.54) is 11.3 Å². The number of anilines is 1. The number of ether oxygens (including phenoxy) is 1. The van der Waals surface area contributed by atoms with Gasteiger partial charge in [-0.15, -0.1) is 11.3 Å². The van der Waals surface area contributed by atoms with Crippen LogP contribution in [0.4, 0.5) is 9.80 Å². The molecule has 2 heterocycles. The molecule has 1 fully saturated rings. The minimum absolute atomic E-state index is 0.204. The monoisotopic (exact) mass is 491 g/mol. The Bertz CT molecular complexity index is 1120. The second kappa shape index (κ2) is 9.93. The highest BCUT2D eigenvalue weighted by atomic mass is 35.5. The largest absolute Gasteiger partial charge is 0.462 e. The van der Waals surface area contributed by atoms with Crippen LogP contribution in [0.5, 0.6) is 0 Å². The zero-order valence-corrected chi connectivity index (χ0v) is 20.5. The van der Waals surface area contributed by atoms with Crippen LogP contribution in [0, 0.1) is 6.92 Å². The van der Waals surface area contributed by atoms with Crippen LogP contribution in [0.25, 0.3) is 0 Å². The number of hydrogen-bond donors (Lipinski definition) is 2. The quantitative estimate of drug-likeness (QED) is 0.424. The molecule has 0 bridgehead atoms. The molecule has 0 spiro atoms. The number of aryl methyl sites for hydroxylation is 1. The van der Waals surface area contributed by atoms with Gasteiger partial charge in [-0.25, -0.2) is 9.59 Å². The number of esters is 1. The van der Waals surface area contributed by atoms with Gasteiger partial charge in [0.1, 0.15) is 17.1 Å². The van der Waals surface area contributed by atoms with Crippen LogP contribution >= 0.6 is 22.9 Å². The molecule has 2 N–H and O–H groups in total. The number of halogens is 1. The van der Waals surface area contributed by atoms with E-state index in [1.54, 1.807) is 38.1 Å². The standard InChI is InChI=1S/C23H26ClN3O5S/c1-5-16-13(4)33-19(18(16)20(29)32-7-3)25-17(28)12-27-21(30)23(6-2,26-22(27)31)14-9-8-10-15(24)11-14/h8-11H,5-7,12H2,1-4H3,(H,25,28)(H,26,31). The van der Waals surface area contributed by atoms with Gasteiger partial charge in [0.2, 0.25) is 5.91 Å². The van der Waals surface area contributed by atoms with Crippen molar-refractivity contribution in [2.24, 2.45) is 0 Å². The molecule has 0 saturated carbocycles. The van der Waals surface area contributed by atoms with Gasteiger partial charge in [-0.2, -0.15) is 0 Å². The van der Waals surface area contributed by atoms with Crippen LogP contribution < -0.4 is 10.6 Å². The Labute approximate surface area is 201 Å². The van der Waals surface area contributed by atoms with Gasteiger partial charge in [-0.1, -0.05) is 37.6 Å². The van der Waals surface area contributed by atoms with Gasteiger partial charge >= 0.3 is 12.0 Å². The van der Waals surface area contributed by atoms with Crippen molar-refractivity contribution in [2.45, 2.75) is 46.1 Å². The molecule has 33 heavy (non-hydrogen) atoms. The Morgan fingerprint density at radius 3 is 2.58 bits per heavy atom. The maximum Gasteiger partial charge on any atom is 0.341 e. The van der Waals surface area contributed by atoms with Crippen molar-refractivity contribution in [3.05, 3.63) is 50.9 Å². The second-order valence-electron chi connectivity index (χ2n) is 7.55. The number of nitrogens with zero attached hydrogens (tertiary/aromatic N) is 1. The first-order chi connectivity index (χ1) is 15.7. The minimum atomic E-state index is -1.30. The Hall–Kier alpha value is -2.91. The van der Waals surface area contributed by atoms with Crippen LogP contribution in [0.1, 0.15) is 53.6 Å². The average molecular weight is 492 g/mol. The topological polar surface area (TPSA) is 105 Å². The summed E-state index contributed by atoms with van der Waals surface area (Å²) in [6.45, 7) is 6.97. The molecule has 176 valence electrons. The zero-order chi connectivity index (χ0) is 24.3. The van der Waals surface area contributed by atoms with E-state index in [0.717, 1.165) is 15.3 Å². The molecule has 1 saturated heterocycles. The van der Waals surface area contributed by atoms with Gasteiger partial charge < -0.3 is 15.4 Å². The summed E-state index contributed by atoms with van der Waals surface area (Å²) in [5.41, 5.74) is 0.363. The molecule has 8 nitrogen and oxygen atoms in total. The van der Waals surface area contributed by atoms with Crippen molar-refractivity contribution in [3.63, 3.8) is 0 Å². The third kappa shape index (κ3) is 4.60. The van der Waals surface area contributed by atoms with Crippen LogP contribution in [-0.2, 0) is 26.3 Å². The Kier molecular flexibility index (Phi) is 7.44. The average Bonchev–Trinajstić information content (AvgIpc) is 3.21. The Balaban J connectivity index is 1.84. The molecule has 1 unspecified atom stereocenters. The maximum absolute atomic E-state index is 13.3. The molecule has 1 aromatic carbocycles. The van der Waals surface area contributed by atoms with E-state index >= 15 is 0 Å². The fraction of sp³-hybridized carbons (Fsp3) is 0.391. The highest BCUT2D eigenvalue weighted by Gasteiger charge is 2.51. The zero-order valence-electron chi connectivity index (χ0n) is 18.9. The Morgan fingerprint density at radius 2 is 1.97 bits per heavy atom. The first kappa shape index (κ1) is 24.7. The van der Waals surface area contributed by atoms with Gasteiger partial charge in [0, 0.05) is 9.90 Å². The first-order valence-electron chi connectivity index (χ1n) is 10.7. The summed E-state index contributed by atoms with van der Waals surface area (Å²) in [7, 11) is 0. The molecule has 0 aliphatic carbocycles. The second-order valence-corrected chi connectivity index (χ2v) is 9.21. The van der Waals surface area contributed by atoms with Crippen molar-refractivity contribution >= 4 is 51.8 Å². The number of benzene rings is 1. The van der Waals surface area contributed by atoms with Gasteiger partial charge in [0.25, 0.3) is 5.91 Å². The highest BCUT2D eigenvalue weighted by molar-refractivity contribution is 7.16. The predicted octanol–water partition coefficient (Wildman–Crippen LogP) is 4.24. The normalized spacial score (nSPS) is 17.8. The van der Waals surface area contributed by atoms with Gasteiger partial charge in [-0.3, -0.25) is 14.5 Å². The lowest BCUT2D eigenvalue weighted by atomic mass is 9.87. The van der Waals surface area contributed by atoms with E-state index in [1.807, 2.05) is 13.8 Å². The number of urea groups is 1. The molecule has 0 radical (unpaired) electrons. The number of carbonyl (C=O) groups excluding carboxylic acids is 4. The smallest absolute Gasteiger partial charge is 0.341 e. The predicted molar refractivity (Wildman–Crippen MR) is 127 cm³/mol. The maximum atomic E-state index is 13.3. The third-order valence-corrected chi connectivity index (χ3v) is 6.92. The molecule has 3 rings (SSSR count). The molecule has 10 heteroatoms. The lowest BCUT2D eigenvalue weighted by Crippen LogP contribution is -2.44. The van der Waals surface area contributed by atoms with Crippen molar-refractivity contribution in [1.82, 2.24) is 10.2 Å². The Morgan fingerprint density at radius 1 is 1.24 bits per heavy atom. The number of nitrogens with one attached hydrogen (secondary N) is 2. The number of carbonyl (C=O) groups is 4. The van der Waals surface area contributed by atoms with Crippen molar-refractivity contribution < 1.29 is 23.9 Å². The molecule has 1 aliphatic rings. The van der Waals surface area contributed by atoms with Crippen LogP contribution in [0.2, 0.25) is 5.02 Å². The summed E-state index contributed by atoms with van der Waals surface area (Å²) in [5, 5.41) is 6.20. The number of imide groups is 1. The van der Waals surface area contributed by atoms with Gasteiger partial charge in [0.05, 0.1) is 12.2 Å². The van der Waals surface area contributed by atoms with E-state index in [9.17, 15) is 19.2 Å². The molecule has 4 amide bonds. The summed E-state index contributed by atoms with van der Waals surface area (Å²) in [5.74, 6) is -1.64. The molecule has 1 aromatic heterocycles. The van der Waals surface area contributed by atoms with Crippen molar-refractivity contribution in [1.29, 1.82) is 0 Å². The lowest BCUT2D eigenvalue weighted by Gasteiger charge is -2.25. The summed E-state index contributed by atoms with van der Waals surface area (Å²) in [6, 6.07) is 6.04. The number of hydrogen-bond acceptors (Lipinski definition) is 6. The number of rotatable bonds is 8. The third-order valence-electron chi connectivity index (χ3n) is 5.62. The number of thiophene rings is 1.